The smallest absolute Gasteiger partial charge is 0.211 e. The fourth-order valence-corrected chi connectivity index (χ4v) is 3.39. The highest BCUT2D eigenvalue weighted by atomic mass is 32.2. The van der Waals surface area contributed by atoms with Gasteiger partial charge in [0.05, 0.1) is 5.75 Å². The Bertz CT molecular complexity index is 293. The first-order valence-electron chi connectivity index (χ1n) is 6.24. The number of nitrogens with one attached hydrogen (secondary N) is 1. The molecule has 96 valence electrons. The van der Waals surface area contributed by atoms with E-state index in [0.717, 1.165) is 25.7 Å². The van der Waals surface area contributed by atoms with Crippen LogP contribution in [0, 0.1) is 0 Å². The summed E-state index contributed by atoms with van der Waals surface area (Å²) in [5, 5.41) is 0. The van der Waals surface area contributed by atoms with Crippen LogP contribution in [0.3, 0.4) is 0 Å². The highest BCUT2D eigenvalue weighted by molar-refractivity contribution is 7.89. The Hall–Kier alpha value is -0.130. The standard InChI is InChI=1S/C11H24N2O2S/c1-2-9-16(14,15)13-10-11(12)7-5-3-4-6-8-11/h13H,2-10,12H2,1H3. The molecule has 0 radical (unpaired) electrons. The number of rotatable bonds is 5. The van der Waals surface area contributed by atoms with Gasteiger partial charge < -0.3 is 5.73 Å². The van der Waals surface area contributed by atoms with Gasteiger partial charge in [-0.25, -0.2) is 13.1 Å². The van der Waals surface area contributed by atoms with Crippen molar-refractivity contribution in [2.24, 2.45) is 5.73 Å². The summed E-state index contributed by atoms with van der Waals surface area (Å²) >= 11 is 0. The summed E-state index contributed by atoms with van der Waals surface area (Å²) in [5.74, 6) is 0.197. The van der Waals surface area contributed by atoms with Gasteiger partial charge in [-0.15, -0.1) is 0 Å². The monoisotopic (exact) mass is 248 g/mol. The molecule has 0 aromatic heterocycles. The van der Waals surface area contributed by atoms with Crippen molar-refractivity contribution in [2.45, 2.75) is 57.4 Å². The van der Waals surface area contributed by atoms with Gasteiger partial charge in [-0.05, 0) is 19.3 Å². The van der Waals surface area contributed by atoms with Crippen LogP contribution in [0.25, 0.3) is 0 Å². The van der Waals surface area contributed by atoms with E-state index in [9.17, 15) is 8.42 Å². The SMILES string of the molecule is CCCS(=O)(=O)NCC1(N)CCCCCC1. The average Bonchev–Trinajstić information content (AvgIpc) is 2.41. The summed E-state index contributed by atoms with van der Waals surface area (Å²) in [7, 11) is -3.11. The van der Waals surface area contributed by atoms with E-state index in [2.05, 4.69) is 4.72 Å². The molecule has 5 heteroatoms. The van der Waals surface area contributed by atoms with E-state index >= 15 is 0 Å². The van der Waals surface area contributed by atoms with E-state index in [0.29, 0.717) is 13.0 Å². The molecule has 1 aliphatic carbocycles. The third-order valence-electron chi connectivity index (χ3n) is 3.22. The predicted molar refractivity (Wildman–Crippen MR) is 66.7 cm³/mol. The van der Waals surface area contributed by atoms with Crippen LogP contribution in [-0.4, -0.2) is 26.3 Å². The summed E-state index contributed by atoms with van der Waals surface area (Å²) in [6.07, 6.45) is 7.19. The van der Waals surface area contributed by atoms with Crippen molar-refractivity contribution in [1.82, 2.24) is 4.72 Å². The van der Waals surface area contributed by atoms with Gasteiger partial charge in [-0.1, -0.05) is 32.6 Å². The van der Waals surface area contributed by atoms with Crippen LogP contribution < -0.4 is 10.5 Å². The Morgan fingerprint density at radius 2 is 1.75 bits per heavy atom. The molecular formula is C11H24N2O2S. The largest absolute Gasteiger partial charge is 0.324 e. The lowest BCUT2D eigenvalue weighted by atomic mass is 9.92. The molecule has 0 bridgehead atoms. The molecule has 0 aromatic rings. The van der Waals surface area contributed by atoms with Crippen molar-refractivity contribution >= 4 is 10.0 Å². The third-order valence-corrected chi connectivity index (χ3v) is 4.75. The van der Waals surface area contributed by atoms with Crippen molar-refractivity contribution in [3.8, 4) is 0 Å². The second kappa shape index (κ2) is 5.98. The Morgan fingerprint density at radius 3 is 2.25 bits per heavy atom. The molecule has 0 aromatic carbocycles. The summed E-state index contributed by atoms with van der Waals surface area (Å²) in [6.45, 7) is 2.26. The summed E-state index contributed by atoms with van der Waals surface area (Å²) < 4.78 is 25.7. The average molecular weight is 248 g/mol. The Morgan fingerprint density at radius 1 is 1.19 bits per heavy atom. The maximum atomic E-state index is 11.5. The van der Waals surface area contributed by atoms with Crippen molar-refractivity contribution < 1.29 is 8.42 Å². The molecule has 0 aliphatic heterocycles. The van der Waals surface area contributed by atoms with E-state index in [1.807, 2.05) is 6.92 Å². The van der Waals surface area contributed by atoms with Gasteiger partial charge in [0.2, 0.25) is 10.0 Å². The van der Waals surface area contributed by atoms with Crippen LogP contribution in [0.5, 0.6) is 0 Å². The first-order valence-corrected chi connectivity index (χ1v) is 7.89. The molecule has 1 saturated carbocycles. The first-order chi connectivity index (χ1) is 7.47. The zero-order valence-corrected chi connectivity index (χ0v) is 11.0. The Kier molecular flexibility index (Phi) is 5.21. The van der Waals surface area contributed by atoms with Gasteiger partial charge in [0.1, 0.15) is 0 Å². The van der Waals surface area contributed by atoms with E-state index in [1.54, 1.807) is 0 Å². The van der Waals surface area contributed by atoms with Crippen molar-refractivity contribution in [3.05, 3.63) is 0 Å². The predicted octanol–water partition coefficient (Wildman–Crippen LogP) is 1.37. The quantitative estimate of drug-likeness (QED) is 0.722. The number of nitrogens with two attached hydrogens (primary N) is 1. The number of hydrogen-bond donors (Lipinski definition) is 2. The van der Waals surface area contributed by atoms with Crippen LogP contribution in [0.4, 0.5) is 0 Å². The van der Waals surface area contributed by atoms with Crippen LogP contribution in [0.1, 0.15) is 51.9 Å². The fourth-order valence-electron chi connectivity index (χ4n) is 2.20. The normalized spacial score (nSPS) is 21.6. The lowest BCUT2D eigenvalue weighted by Crippen LogP contribution is -2.50. The van der Waals surface area contributed by atoms with Crippen LogP contribution in [0.2, 0.25) is 0 Å². The third kappa shape index (κ3) is 4.80. The van der Waals surface area contributed by atoms with Gasteiger partial charge in [-0.3, -0.25) is 0 Å². The molecule has 4 nitrogen and oxygen atoms in total. The zero-order valence-electron chi connectivity index (χ0n) is 10.2. The Labute approximate surface area is 99.0 Å². The van der Waals surface area contributed by atoms with Crippen LogP contribution >= 0.6 is 0 Å². The molecule has 0 unspecified atom stereocenters. The van der Waals surface area contributed by atoms with E-state index in [4.69, 9.17) is 5.73 Å². The minimum absolute atomic E-state index is 0.197. The molecule has 16 heavy (non-hydrogen) atoms. The molecular weight excluding hydrogens is 224 g/mol. The molecule has 0 spiro atoms. The molecule has 0 atom stereocenters. The van der Waals surface area contributed by atoms with Crippen molar-refractivity contribution in [2.75, 3.05) is 12.3 Å². The van der Waals surface area contributed by atoms with Gasteiger partial charge >= 0.3 is 0 Å². The maximum absolute atomic E-state index is 11.5. The van der Waals surface area contributed by atoms with Crippen LogP contribution in [0.15, 0.2) is 0 Å². The highest BCUT2D eigenvalue weighted by Gasteiger charge is 2.27. The molecule has 1 fully saturated rings. The van der Waals surface area contributed by atoms with E-state index in [-0.39, 0.29) is 11.3 Å². The number of sulfonamides is 1. The summed E-state index contributed by atoms with van der Waals surface area (Å²) in [6, 6.07) is 0. The fraction of sp³-hybridized carbons (Fsp3) is 1.00. The second-order valence-electron chi connectivity index (χ2n) is 4.92. The Balaban J connectivity index is 2.46. The highest BCUT2D eigenvalue weighted by Crippen LogP contribution is 2.24. The minimum Gasteiger partial charge on any atom is -0.324 e. The number of hydrogen-bond acceptors (Lipinski definition) is 3. The zero-order chi connectivity index (χ0) is 12.1. The minimum atomic E-state index is -3.11. The lowest BCUT2D eigenvalue weighted by Gasteiger charge is -2.28. The molecule has 0 heterocycles. The molecule has 1 rings (SSSR count). The summed E-state index contributed by atoms with van der Waals surface area (Å²) in [5.41, 5.74) is 5.91. The maximum Gasteiger partial charge on any atom is 0.211 e. The molecule has 1 aliphatic rings. The lowest BCUT2D eigenvalue weighted by molar-refractivity contribution is 0.369. The van der Waals surface area contributed by atoms with Crippen molar-refractivity contribution in [1.29, 1.82) is 0 Å². The molecule has 0 amide bonds. The molecule has 3 N–H and O–H groups in total. The van der Waals surface area contributed by atoms with Crippen molar-refractivity contribution in [3.63, 3.8) is 0 Å². The summed E-state index contributed by atoms with van der Waals surface area (Å²) in [4.78, 5) is 0. The van der Waals surface area contributed by atoms with Gasteiger partial charge in [0.25, 0.3) is 0 Å². The first kappa shape index (κ1) is 13.9. The van der Waals surface area contributed by atoms with E-state index < -0.39 is 10.0 Å². The van der Waals surface area contributed by atoms with E-state index in [1.165, 1.54) is 12.8 Å². The van der Waals surface area contributed by atoms with Crippen LogP contribution in [-0.2, 0) is 10.0 Å². The topological polar surface area (TPSA) is 72.2 Å². The van der Waals surface area contributed by atoms with Gasteiger partial charge in [0.15, 0.2) is 0 Å². The second-order valence-corrected chi connectivity index (χ2v) is 6.84. The van der Waals surface area contributed by atoms with Gasteiger partial charge in [0, 0.05) is 12.1 Å². The van der Waals surface area contributed by atoms with Gasteiger partial charge in [-0.2, -0.15) is 0 Å². The molecule has 0 saturated heterocycles.